The molecule has 2 atom stereocenters. The average molecular weight is 674 g/mol. The lowest BCUT2D eigenvalue weighted by atomic mass is 9.98. The second-order valence-electron chi connectivity index (χ2n) is 11.5. The van der Waals surface area contributed by atoms with Crippen molar-refractivity contribution in [3.8, 4) is 39.5 Å². The van der Waals surface area contributed by atoms with Crippen LogP contribution in [0.15, 0.2) is 66.9 Å². The Labute approximate surface area is 281 Å². The zero-order valence-electron chi connectivity index (χ0n) is 25.9. The smallest absolute Gasteiger partial charge is 0.271 e. The number of imidazole rings is 1. The monoisotopic (exact) mass is 672 g/mol. The molecule has 47 heavy (non-hydrogen) atoms. The van der Waals surface area contributed by atoms with Crippen molar-refractivity contribution in [3.05, 3.63) is 88.2 Å². The molecule has 1 saturated heterocycles. The zero-order chi connectivity index (χ0) is 33.1. The third-order valence-electron chi connectivity index (χ3n) is 7.90. The SMILES string of the molecule is COc1nc(-c2cccc(-c3cccc(-c4ccc5nc(C(=O)NCC(C)N)cn5n4)c3Cl)c2Cl)ccc1CNC[C@H]1CCC(=O)N1. The van der Waals surface area contributed by atoms with Crippen molar-refractivity contribution < 1.29 is 14.3 Å². The number of amides is 2. The standard InChI is InChI=1S/C34H34Cl2N8O3/c1-19(37)15-39-33(46)28-18-44-29(41-28)13-12-27(43-44)25-8-4-6-23(32(25)36)22-5-3-7-24(31(22)35)26-11-9-20(34(42-26)47-2)16-38-17-21-10-14-30(45)40-21/h3-9,11-13,18-19,21,38H,10,14-17,37H2,1-2H3,(H,39,46)(H,40,45)/t19?,21-/m1/s1. The number of carbonyl (C=O) groups excluding carboxylic acids is 2. The number of carbonyl (C=O) groups is 2. The van der Waals surface area contributed by atoms with Gasteiger partial charge in [0.25, 0.3) is 5.91 Å². The topological polar surface area (TPSA) is 149 Å². The molecule has 0 spiro atoms. The number of ether oxygens (including phenoxy) is 1. The minimum atomic E-state index is -0.321. The van der Waals surface area contributed by atoms with Crippen LogP contribution in [0.25, 0.3) is 39.3 Å². The van der Waals surface area contributed by atoms with E-state index >= 15 is 0 Å². The van der Waals surface area contributed by atoms with Gasteiger partial charge >= 0.3 is 0 Å². The lowest BCUT2D eigenvalue weighted by Gasteiger charge is -2.15. The highest BCUT2D eigenvalue weighted by molar-refractivity contribution is 6.39. The molecule has 1 unspecified atom stereocenters. The molecule has 1 fully saturated rings. The van der Waals surface area contributed by atoms with E-state index in [4.69, 9.17) is 38.7 Å². The number of nitrogens with two attached hydrogens (primary N) is 1. The van der Waals surface area contributed by atoms with Gasteiger partial charge in [-0.15, -0.1) is 0 Å². The third-order valence-corrected chi connectivity index (χ3v) is 8.71. The van der Waals surface area contributed by atoms with Crippen molar-refractivity contribution in [2.45, 2.75) is 38.4 Å². The van der Waals surface area contributed by atoms with Gasteiger partial charge in [0.05, 0.1) is 34.7 Å². The molecule has 6 rings (SSSR count). The number of pyridine rings is 1. The Bertz CT molecular complexity index is 1960. The Balaban J connectivity index is 1.25. The van der Waals surface area contributed by atoms with E-state index in [1.165, 1.54) is 0 Å². The maximum atomic E-state index is 12.5. The summed E-state index contributed by atoms with van der Waals surface area (Å²) < 4.78 is 7.18. The van der Waals surface area contributed by atoms with Crippen molar-refractivity contribution in [1.82, 2.24) is 35.5 Å². The van der Waals surface area contributed by atoms with Crippen molar-refractivity contribution >= 4 is 40.7 Å². The summed E-state index contributed by atoms with van der Waals surface area (Å²) in [6.07, 6.45) is 2.97. The van der Waals surface area contributed by atoms with Gasteiger partial charge < -0.3 is 26.4 Å². The van der Waals surface area contributed by atoms with E-state index in [0.29, 0.717) is 64.6 Å². The van der Waals surface area contributed by atoms with Gasteiger partial charge in [-0.1, -0.05) is 65.7 Å². The normalized spacial score (nSPS) is 15.1. The number of halogens is 2. The molecule has 2 amide bonds. The molecule has 0 aliphatic carbocycles. The Morgan fingerprint density at radius 3 is 2.36 bits per heavy atom. The van der Waals surface area contributed by atoms with Crippen molar-refractivity contribution in [3.63, 3.8) is 0 Å². The molecule has 0 radical (unpaired) electrons. The van der Waals surface area contributed by atoms with Crippen molar-refractivity contribution in [2.24, 2.45) is 5.73 Å². The molecule has 5 aromatic rings. The predicted octanol–water partition coefficient (Wildman–Crippen LogP) is 4.89. The first-order chi connectivity index (χ1) is 22.7. The van der Waals surface area contributed by atoms with Crippen molar-refractivity contribution in [2.75, 3.05) is 20.2 Å². The van der Waals surface area contributed by atoms with Crippen LogP contribution in [0.5, 0.6) is 5.88 Å². The van der Waals surface area contributed by atoms with Crippen LogP contribution in [0.1, 0.15) is 35.8 Å². The van der Waals surface area contributed by atoms with Gasteiger partial charge in [0.15, 0.2) is 5.65 Å². The van der Waals surface area contributed by atoms with Gasteiger partial charge in [0.2, 0.25) is 11.8 Å². The van der Waals surface area contributed by atoms with Gasteiger partial charge in [-0.2, -0.15) is 5.10 Å². The number of hydrogen-bond acceptors (Lipinski definition) is 8. The maximum absolute atomic E-state index is 12.5. The first kappa shape index (κ1) is 32.4. The Hall–Kier alpha value is -4.55. The Morgan fingerprint density at radius 1 is 1.02 bits per heavy atom. The number of fused-ring (bicyclic) bond motifs is 1. The highest BCUT2D eigenvalue weighted by Crippen LogP contribution is 2.42. The third kappa shape index (κ3) is 7.08. The molecular weight excluding hydrogens is 639 g/mol. The van der Waals surface area contributed by atoms with Crippen LogP contribution in [-0.4, -0.2) is 63.7 Å². The zero-order valence-corrected chi connectivity index (χ0v) is 27.4. The molecule has 242 valence electrons. The van der Waals surface area contributed by atoms with E-state index in [2.05, 4.69) is 26.0 Å². The number of nitrogens with one attached hydrogen (secondary N) is 3. The molecule has 3 aromatic heterocycles. The highest BCUT2D eigenvalue weighted by atomic mass is 35.5. The molecule has 4 heterocycles. The van der Waals surface area contributed by atoms with E-state index in [-0.39, 0.29) is 29.6 Å². The summed E-state index contributed by atoms with van der Waals surface area (Å²) in [6.45, 7) is 3.36. The highest BCUT2D eigenvalue weighted by Gasteiger charge is 2.21. The summed E-state index contributed by atoms with van der Waals surface area (Å²) in [7, 11) is 1.59. The summed E-state index contributed by atoms with van der Waals surface area (Å²) in [5.41, 5.74) is 11.5. The van der Waals surface area contributed by atoms with Crippen molar-refractivity contribution in [1.29, 1.82) is 0 Å². The van der Waals surface area contributed by atoms with Crippen LogP contribution in [0, 0.1) is 0 Å². The molecule has 1 aliphatic heterocycles. The quantitative estimate of drug-likeness (QED) is 0.155. The van der Waals surface area contributed by atoms with Crippen LogP contribution >= 0.6 is 23.2 Å². The molecule has 5 N–H and O–H groups in total. The number of nitrogens with zero attached hydrogens (tertiary/aromatic N) is 4. The van der Waals surface area contributed by atoms with Gasteiger partial charge in [-0.3, -0.25) is 9.59 Å². The second kappa shape index (κ2) is 14.1. The Morgan fingerprint density at radius 2 is 1.70 bits per heavy atom. The molecule has 1 aliphatic rings. The number of hydrogen-bond donors (Lipinski definition) is 4. The first-order valence-corrected chi connectivity index (χ1v) is 16.0. The molecule has 0 saturated carbocycles. The number of benzene rings is 2. The molecule has 0 bridgehead atoms. The lowest BCUT2D eigenvalue weighted by molar-refractivity contribution is -0.119. The molecule has 13 heteroatoms. The fraction of sp³-hybridized carbons (Fsp3) is 0.265. The summed E-state index contributed by atoms with van der Waals surface area (Å²) in [6, 6.07) is 18.8. The van der Waals surface area contributed by atoms with E-state index < -0.39 is 0 Å². The van der Waals surface area contributed by atoms with Crippen LogP contribution in [0.2, 0.25) is 10.0 Å². The van der Waals surface area contributed by atoms with Crippen LogP contribution in [0.3, 0.4) is 0 Å². The Kier molecular flexibility index (Phi) is 9.69. The minimum Gasteiger partial charge on any atom is -0.481 e. The van der Waals surface area contributed by atoms with E-state index in [0.717, 1.165) is 28.7 Å². The maximum Gasteiger partial charge on any atom is 0.271 e. The van der Waals surface area contributed by atoms with Crippen LogP contribution in [-0.2, 0) is 11.3 Å². The predicted molar refractivity (Wildman–Crippen MR) is 183 cm³/mol. The van der Waals surface area contributed by atoms with Gasteiger partial charge in [0.1, 0.15) is 5.69 Å². The molecule has 11 nitrogen and oxygen atoms in total. The summed E-state index contributed by atoms with van der Waals surface area (Å²) in [4.78, 5) is 33.1. The summed E-state index contributed by atoms with van der Waals surface area (Å²) in [5.74, 6) is 0.260. The van der Waals surface area contributed by atoms with E-state index in [1.807, 2.05) is 61.5 Å². The van der Waals surface area contributed by atoms with Gasteiger partial charge in [-0.05, 0) is 31.5 Å². The number of rotatable bonds is 11. The molecular formula is C34H34Cl2N8O3. The lowest BCUT2D eigenvalue weighted by Crippen LogP contribution is -2.35. The largest absolute Gasteiger partial charge is 0.481 e. The van der Waals surface area contributed by atoms with Crippen LogP contribution < -0.4 is 26.4 Å². The van der Waals surface area contributed by atoms with E-state index in [9.17, 15) is 9.59 Å². The average Bonchev–Trinajstić information content (AvgIpc) is 3.69. The van der Waals surface area contributed by atoms with E-state index in [1.54, 1.807) is 23.9 Å². The fourth-order valence-electron chi connectivity index (χ4n) is 5.50. The van der Waals surface area contributed by atoms with Gasteiger partial charge in [-0.25, -0.2) is 14.5 Å². The summed E-state index contributed by atoms with van der Waals surface area (Å²) in [5, 5.41) is 14.8. The van der Waals surface area contributed by atoms with Crippen LogP contribution in [0.4, 0.5) is 0 Å². The second-order valence-corrected chi connectivity index (χ2v) is 12.2. The minimum absolute atomic E-state index is 0.0926. The summed E-state index contributed by atoms with van der Waals surface area (Å²) >= 11 is 14.1. The number of methoxy groups -OCH3 is 1. The first-order valence-electron chi connectivity index (χ1n) is 15.2. The molecule has 2 aromatic carbocycles. The fourth-order valence-corrected chi connectivity index (χ4v) is 6.15. The van der Waals surface area contributed by atoms with Gasteiger partial charge in [0, 0.05) is 66.0 Å². The number of aromatic nitrogens is 4.